The van der Waals surface area contributed by atoms with E-state index in [4.69, 9.17) is 0 Å². The van der Waals surface area contributed by atoms with Crippen LogP contribution < -0.4 is 0 Å². The molecule has 2 saturated carbocycles. The molecule has 3 aliphatic rings. The highest BCUT2D eigenvalue weighted by molar-refractivity contribution is 5.83. The summed E-state index contributed by atoms with van der Waals surface area (Å²) >= 11 is 0. The van der Waals surface area contributed by atoms with Crippen LogP contribution in [0.1, 0.15) is 44.1 Å². The molecule has 2 aliphatic carbocycles. The van der Waals surface area contributed by atoms with Crippen LogP contribution >= 0.6 is 0 Å². The molecule has 2 amide bonds. The fourth-order valence-corrected chi connectivity index (χ4v) is 4.90. The van der Waals surface area contributed by atoms with Crippen LogP contribution in [0, 0.1) is 11.8 Å². The molecule has 5 nitrogen and oxygen atoms in total. The maximum Gasteiger partial charge on any atom is 0.240 e. The lowest BCUT2D eigenvalue weighted by molar-refractivity contribution is -0.141. The largest absolute Gasteiger partial charge is 0.340 e. The van der Waals surface area contributed by atoms with Crippen molar-refractivity contribution < 1.29 is 9.59 Å². The summed E-state index contributed by atoms with van der Waals surface area (Å²) in [4.78, 5) is 32.1. The monoisotopic (exact) mass is 383 g/mol. The average Bonchev–Trinajstić information content (AvgIpc) is 3.44. The number of carbonyl (C=O) groups is 2. The molecule has 1 atom stereocenters. The lowest BCUT2D eigenvalue weighted by Gasteiger charge is -2.42. The molecule has 1 aromatic carbocycles. The van der Waals surface area contributed by atoms with Gasteiger partial charge in [-0.05, 0) is 37.2 Å². The minimum atomic E-state index is -0.0330. The van der Waals surface area contributed by atoms with E-state index in [0.717, 1.165) is 51.9 Å². The molecule has 0 bridgehead atoms. The molecular formula is C23H33N3O2. The van der Waals surface area contributed by atoms with Crippen LogP contribution in [0.15, 0.2) is 30.3 Å². The van der Waals surface area contributed by atoms with Crippen molar-refractivity contribution in [3.63, 3.8) is 0 Å². The third-order valence-corrected chi connectivity index (χ3v) is 6.68. The van der Waals surface area contributed by atoms with Crippen molar-refractivity contribution in [2.45, 2.75) is 51.1 Å². The van der Waals surface area contributed by atoms with E-state index >= 15 is 0 Å². The molecule has 1 aliphatic heterocycles. The summed E-state index contributed by atoms with van der Waals surface area (Å²) in [5.41, 5.74) is 1.17. The second kappa shape index (κ2) is 8.64. The molecular weight excluding hydrogens is 350 g/mol. The van der Waals surface area contributed by atoms with Gasteiger partial charge in [-0.15, -0.1) is 0 Å². The lowest BCUT2D eigenvalue weighted by atomic mass is 9.94. The van der Waals surface area contributed by atoms with Crippen LogP contribution in [0.4, 0.5) is 0 Å². The summed E-state index contributed by atoms with van der Waals surface area (Å²) < 4.78 is 0. The van der Waals surface area contributed by atoms with Crippen molar-refractivity contribution >= 4 is 11.8 Å². The number of nitrogens with zero attached hydrogens (tertiary/aromatic N) is 3. The highest BCUT2D eigenvalue weighted by Crippen LogP contribution is 2.34. The zero-order valence-electron chi connectivity index (χ0n) is 17.1. The van der Waals surface area contributed by atoms with Crippen LogP contribution in [-0.4, -0.2) is 65.8 Å². The molecule has 3 fully saturated rings. The summed E-state index contributed by atoms with van der Waals surface area (Å²) in [6.07, 6.45) is 6.89. The predicted molar refractivity (Wildman–Crippen MR) is 110 cm³/mol. The Morgan fingerprint density at radius 2 is 1.64 bits per heavy atom. The summed E-state index contributed by atoms with van der Waals surface area (Å²) in [6.45, 7) is 3.85. The Morgan fingerprint density at radius 3 is 2.25 bits per heavy atom. The van der Waals surface area contributed by atoms with Crippen molar-refractivity contribution in [2.75, 3.05) is 33.2 Å². The predicted octanol–water partition coefficient (Wildman–Crippen LogP) is 2.76. The van der Waals surface area contributed by atoms with Crippen LogP contribution in [0.2, 0.25) is 0 Å². The molecule has 1 saturated heterocycles. The first kappa shape index (κ1) is 19.4. The Labute approximate surface area is 168 Å². The third kappa shape index (κ3) is 4.40. The quantitative estimate of drug-likeness (QED) is 0.759. The van der Waals surface area contributed by atoms with Crippen LogP contribution in [0.5, 0.6) is 0 Å². The first-order chi connectivity index (χ1) is 13.6. The Balaban J connectivity index is 1.41. The number of rotatable bonds is 6. The van der Waals surface area contributed by atoms with Crippen molar-refractivity contribution in [3.8, 4) is 0 Å². The third-order valence-electron chi connectivity index (χ3n) is 6.68. The van der Waals surface area contributed by atoms with E-state index in [9.17, 15) is 9.59 Å². The number of carbonyl (C=O) groups excluding carboxylic acids is 2. The molecule has 152 valence electrons. The number of benzene rings is 1. The van der Waals surface area contributed by atoms with Gasteiger partial charge in [0.05, 0.1) is 6.04 Å². The fraction of sp³-hybridized carbons (Fsp3) is 0.652. The lowest BCUT2D eigenvalue weighted by Crippen LogP contribution is -2.58. The topological polar surface area (TPSA) is 43.9 Å². The SMILES string of the molecule is CN(Cc1ccccc1)C(=O)C(C1CCCC1)N1CCN(C(=O)C2CC2)CC1. The van der Waals surface area contributed by atoms with E-state index in [1.807, 2.05) is 35.0 Å². The zero-order chi connectivity index (χ0) is 19.5. The Kier molecular flexibility index (Phi) is 6.00. The molecule has 0 aromatic heterocycles. The zero-order valence-corrected chi connectivity index (χ0v) is 17.1. The number of hydrogen-bond donors (Lipinski definition) is 0. The second-order valence-electron chi connectivity index (χ2n) is 8.80. The highest BCUT2D eigenvalue weighted by atomic mass is 16.2. The summed E-state index contributed by atoms with van der Waals surface area (Å²) in [7, 11) is 1.93. The number of amides is 2. The van der Waals surface area contributed by atoms with Crippen LogP contribution in [-0.2, 0) is 16.1 Å². The van der Waals surface area contributed by atoms with Gasteiger partial charge >= 0.3 is 0 Å². The van der Waals surface area contributed by atoms with Crippen LogP contribution in [0.3, 0.4) is 0 Å². The molecule has 0 radical (unpaired) electrons. The van der Waals surface area contributed by atoms with Crippen LogP contribution in [0.25, 0.3) is 0 Å². The Bertz CT molecular complexity index is 674. The second-order valence-corrected chi connectivity index (χ2v) is 8.80. The highest BCUT2D eigenvalue weighted by Gasteiger charge is 2.40. The van der Waals surface area contributed by atoms with Crippen molar-refractivity contribution in [1.29, 1.82) is 0 Å². The van der Waals surface area contributed by atoms with Gasteiger partial charge in [0, 0.05) is 45.7 Å². The maximum atomic E-state index is 13.5. The molecule has 5 heteroatoms. The van der Waals surface area contributed by atoms with E-state index in [1.165, 1.54) is 18.4 Å². The fourth-order valence-electron chi connectivity index (χ4n) is 4.90. The van der Waals surface area contributed by atoms with Crippen molar-refractivity contribution in [2.24, 2.45) is 11.8 Å². The normalized spacial score (nSPS) is 22.2. The van der Waals surface area contributed by atoms with E-state index in [1.54, 1.807) is 0 Å². The van der Waals surface area contributed by atoms with E-state index in [2.05, 4.69) is 17.0 Å². The minimum Gasteiger partial charge on any atom is -0.340 e. The first-order valence-corrected chi connectivity index (χ1v) is 10.9. The Hall–Kier alpha value is -1.88. The standard InChI is InChI=1S/C23H33N3O2/c1-24(17-18-7-3-2-4-8-18)23(28)21(19-9-5-6-10-19)25-13-15-26(16-14-25)22(27)20-11-12-20/h2-4,7-8,19-21H,5-6,9-17H2,1H3. The molecule has 4 rings (SSSR count). The van der Waals surface area contributed by atoms with Gasteiger partial charge in [0.2, 0.25) is 11.8 Å². The van der Waals surface area contributed by atoms with Gasteiger partial charge in [0.1, 0.15) is 0 Å². The summed E-state index contributed by atoms with van der Waals surface area (Å²) in [6, 6.07) is 10.2. The average molecular weight is 384 g/mol. The van der Waals surface area contributed by atoms with Gasteiger partial charge in [-0.25, -0.2) is 0 Å². The first-order valence-electron chi connectivity index (χ1n) is 10.9. The van der Waals surface area contributed by atoms with Gasteiger partial charge < -0.3 is 9.80 Å². The van der Waals surface area contributed by atoms with Gasteiger partial charge in [-0.3, -0.25) is 14.5 Å². The van der Waals surface area contributed by atoms with Crippen molar-refractivity contribution in [3.05, 3.63) is 35.9 Å². The molecule has 1 aromatic rings. The van der Waals surface area contributed by atoms with Crippen molar-refractivity contribution in [1.82, 2.24) is 14.7 Å². The Morgan fingerprint density at radius 1 is 1.00 bits per heavy atom. The van der Waals surface area contributed by atoms with E-state index in [0.29, 0.717) is 18.4 Å². The number of hydrogen-bond acceptors (Lipinski definition) is 3. The van der Waals surface area contributed by atoms with Gasteiger partial charge in [-0.1, -0.05) is 43.2 Å². The van der Waals surface area contributed by atoms with Gasteiger partial charge in [0.15, 0.2) is 0 Å². The smallest absolute Gasteiger partial charge is 0.240 e. The maximum absolute atomic E-state index is 13.5. The molecule has 0 spiro atoms. The van der Waals surface area contributed by atoms with E-state index in [-0.39, 0.29) is 17.9 Å². The summed E-state index contributed by atoms with van der Waals surface area (Å²) in [5.74, 6) is 1.33. The molecule has 1 heterocycles. The number of piperazine rings is 1. The van der Waals surface area contributed by atoms with E-state index < -0.39 is 0 Å². The van der Waals surface area contributed by atoms with Gasteiger partial charge in [0.25, 0.3) is 0 Å². The van der Waals surface area contributed by atoms with Gasteiger partial charge in [-0.2, -0.15) is 0 Å². The number of likely N-dealkylation sites (N-methyl/N-ethyl adjacent to an activating group) is 1. The molecule has 1 unspecified atom stereocenters. The molecule has 0 N–H and O–H groups in total. The summed E-state index contributed by atoms with van der Waals surface area (Å²) in [5, 5.41) is 0. The molecule has 28 heavy (non-hydrogen) atoms. The minimum absolute atomic E-state index is 0.0330.